The molecular formula is C20H24N6O3S. The smallest absolute Gasteiger partial charge is 0.324 e. The largest absolute Gasteiger partial charge is 0.329 e. The highest BCUT2D eigenvalue weighted by Gasteiger charge is 2.27. The predicted octanol–water partition coefficient (Wildman–Crippen LogP) is 2.12. The lowest BCUT2D eigenvalue weighted by atomic mass is 10.1. The second kappa shape index (κ2) is 8.47. The number of amides is 3. The van der Waals surface area contributed by atoms with Crippen molar-refractivity contribution in [1.29, 1.82) is 0 Å². The molecule has 1 aliphatic rings. The van der Waals surface area contributed by atoms with Crippen LogP contribution in [0.25, 0.3) is 16.7 Å². The summed E-state index contributed by atoms with van der Waals surface area (Å²) < 4.78 is 3.63. The molecule has 0 atom stereocenters. The SMILES string of the molecule is CC(C)CCn1c(=O)c2ccccc2n2c(SCCCN3C(=O)CNC3=O)nnc12. The molecule has 1 saturated heterocycles. The van der Waals surface area contributed by atoms with E-state index < -0.39 is 0 Å². The van der Waals surface area contributed by atoms with Gasteiger partial charge in [-0.1, -0.05) is 37.7 Å². The van der Waals surface area contributed by atoms with E-state index in [1.54, 1.807) is 4.57 Å². The maximum Gasteiger partial charge on any atom is 0.324 e. The minimum absolute atomic E-state index is 0.0544. The summed E-state index contributed by atoms with van der Waals surface area (Å²) in [5, 5.41) is 12.5. The van der Waals surface area contributed by atoms with E-state index in [2.05, 4.69) is 29.4 Å². The summed E-state index contributed by atoms with van der Waals surface area (Å²) in [4.78, 5) is 37.6. The molecule has 3 aromatic rings. The van der Waals surface area contributed by atoms with Crippen LogP contribution in [0.4, 0.5) is 4.79 Å². The van der Waals surface area contributed by atoms with Gasteiger partial charge in [0.25, 0.3) is 5.56 Å². The van der Waals surface area contributed by atoms with Crippen LogP contribution in [0, 0.1) is 5.92 Å². The van der Waals surface area contributed by atoms with Gasteiger partial charge in [-0.25, -0.2) is 4.79 Å². The molecule has 3 amide bonds. The van der Waals surface area contributed by atoms with Crippen molar-refractivity contribution in [2.45, 2.75) is 38.4 Å². The van der Waals surface area contributed by atoms with Gasteiger partial charge >= 0.3 is 6.03 Å². The third kappa shape index (κ3) is 3.79. The Labute approximate surface area is 177 Å². The van der Waals surface area contributed by atoms with E-state index in [0.29, 0.717) is 47.5 Å². The molecule has 0 spiro atoms. The highest BCUT2D eigenvalue weighted by atomic mass is 32.2. The number of hydrogen-bond donors (Lipinski definition) is 1. The second-order valence-corrected chi connectivity index (χ2v) is 8.74. The number of benzene rings is 1. The van der Waals surface area contributed by atoms with Crippen LogP contribution >= 0.6 is 11.8 Å². The van der Waals surface area contributed by atoms with E-state index >= 15 is 0 Å². The number of fused-ring (bicyclic) bond motifs is 3. The first-order valence-corrected chi connectivity index (χ1v) is 11.0. The molecule has 4 rings (SSSR count). The predicted molar refractivity (Wildman–Crippen MR) is 115 cm³/mol. The number of aryl methyl sites for hydroxylation is 1. The molecule has 1 N–H and O–H groups in total. The molecule has 0 aliphatic carbocycles. The van der Waals surface area contributed by atoms with Gasteiger partial charge in [0.05, 0.1) is 17.4 Å². The number of imide groups is 1. The zero-order valence-electron chi connectivity index (χ0n) is 17.0. The summed E-state index contributed by atoms with van der Waals surface area (Å²) in [7, 11) is 0. The first kappa shape index (κ1) is 20.4. The van der Waals surface area contributed by atoms with Gasteiger partial charge in [-0.05, 0) is 30.9 Å². The Balaban J connectivity index is 1.60. The highest BCUT2D eigenvalue weighted by molar-refractivity contribution is 7.99. The van der Waals surface area contributed by atoms with E-state index in [0.717, 1.165) is 11.9 Å². The number of nitrogens with one attached hydrogen (secondary N) is 1. The summed E-state index contributed by atoms with van der Waals surface area (Å²) >= 11 is 1.50. The van der Waals surface area contributed by atoms with E-state index in [4.69, 9.17) is 0 Å². The summed E-state index contributed by atoms with van der Waals surface area (Å²) in [6.45, 7) is 5.27. The molecule has 10 heteroatoms. The number of carbonyl (C=O) groups is 2. The number of rotatable bonds is 8. The van der Waals surface area contributed by atoms with Crippen molar-refractivity contribution in [3.8, 4) is 0 Å². The molecule has 1 aliphatic heterocycles. The first-order valence-electron chi connectivity index (χ1n) is 10.0. The molecule has 9 nitrogen and oxygen atoms in total. The summed E-state index contributed by atoms with van der Waals surface area (Å²) in [6.07, 6.45) is 1.51. The van der Waals surface area contributed by atoms with Crippen LogP contribution in [0.3, 0.4) is 0 Å². The van der Waals surface area contributed by atoms with Crippen LogP contribution in [-0.4, -0.2) is 54.8 Å². The standard InChI is InChI=1S/C20H24N6O3S/c1-13(2)8-10-25-17(28)14-6-3-4-7-15(14)26-18(25)22-23-20(26)30-11-5-9-24-16(27)12-21-19(24)29/h3-4,6-7,13H,5,8-12H2,1-2H3,(H,21,29). The van der Waals surface area contributed by atoms with Gasteiger partial charge in [-0.15, -0.1) is 10.2 Å². The Bertz CT molecular complexity index is 1150. The first-order chi connectivity index (χ1) is 14.5. The average molecular weight is 429 g/mol. The summed E-state index contributed by atoms with van der Waals surface area (Å²) in [5.41, 5.74) is 0.723. The van der Waals surface area contributed by atoms with Crippen molar-refractivity contribution in [2.75, 3.05) is 18.8 Å². The molecule has 0 unspecified atom stereocenters. The zero-order valence-corrected chi connectivity index (χ0v) is 17.8. The van der Waals surface area contributed by atoms with Crippen LogP contribution in [0.5, 0.6) is 0 Å². The second-order valence-electron chi connectivity index (χ2n) is 7.68. The van der Waals surface area contributed by atoms with E-state index in [-0.39, 0.29) is 24.0 Å². The zero-order chi connectivity index (χ0) is 21.3. The Morgan fingerprint density at radius 3 is 2.67 bits per heavy atom. The third-order valence-corrected chi connectivity index (χ3v) is 6.12. The van der Waals surface area contributed by atoms with Crippen LogP contribution in [0.15, 0.2) is 34.2 Å². The van der Waals surface area contributed by atoms with Gasteiger partial charge in [0.1, 0.15) is 0 Å². The fraction of sp³-hybridized carbons (Fsp3) is 0.450. The van der Waals surface area contributed by atoms with Gasteiger partial charge in [-0.2, -0.15) is 0 Å². The van der Waals surface area contributed by atoms with Crippen molar-refractivity contribution in [1.82, 2.24) is 29.4 Å². The van der Waals surface area contributed by atoms with Gasteiger partial charge < -0.3 is 5.32 Å². The maximum atomic E-state index is 13.0. The topological polar surface area (TPSA) is 102 Å². The molecule has 0 bridgehead atoms. The maximum absolute atomic E-state index is 13.0. The lowest BCUT2D eigenvalue weighted by Crippen LogP contribution is -2.32. The Morgan fingerprint density at radius 2 is 1.93 bits per heavy atom. The molecule has 0 saturated carbocycles. The minimum atomic E-state index is -0.335. The van der Waals surface area contributed by atoms with Crippen LogP contribution in [-0.2, 0) is 11.3 Å². The van der Waals surface area contributed by atoms with Gasteiger partial charge in [0.2, 0.25) is 11.7 Å². The van der Waals surface area contributed by atoms with E-state index in [1.165, 1.54) is 16.7 Å². The fourth-order valence-electron chi connectivity index (χ4n) is 3.48. The monoisotopic (exact) mass is 428 g/mol. The van der Waals surface area contributed by atoms with E-state index in [9.17, 15) is 14.4 Å². The molecule has 158 valence electrons. The highest BCUT2D eigenvalue weighted by Crippen LogP contribution is 2.22. The quantitative estimate of drug-likeness (QED) is 0.335. The number of hydrogen-bond acceptors (Lipinski definition) is 6. The number of para-hydroxylation sites is 1. The van der Waals surface area contributed by atoms with E-state index in [1.807, 2.05) is 28.7 Å². The van der Waals surface area contributed by atoms with Crippen molar-refractivity contribution in [3.05, 3.63) is 34.6 Å². The molecule has 2 aromatic heterocycles. The van der Waals surface area contributed by atoms with Gasteiger partial charge in [0, 0.05) is 18.8 Å². The number of thioether (sulfide) groups is 1. The number of urea groups is 1. The molecular weight excluding hydrogens is 404 g/mol. The molecule has 1 aromatic carbocycles. The van der Waals surface area contributed by atoms with Gasteiger partial charge in [-0.3, -0.25) is 23.5 Å². The lowest BCUT2D eigenvalue weighted by molar-refractivity contribution is -0.124. The Kier molecular flexibility index (Phi) is 5.76. The van der Waals surface area contributed by atoms with Crippen LogP contribution < -0.4 is 10.9 Å². The fourth-order valence-corrected chi connectivity index (χ4v) is 4.35. The number of aromatic nitrogens is 4. The van der Waals surface area contributed by atoms with Crippen molar-refractivity contribution < 1.29 is 9.59 Å². The molecule has 0 radical (unpaired) electrons. The number of nitrogens with zero attached hydrogens (tertiary/aromatic N) is 5. The molecule has 1 fully saturated rings. The lowest BCUT2D eigenvalue weighted by Gasteiger charge is -2.13. The Morgan fingerprint density at radius 1 is 1.13 bits per heavy atom. The third-order valence-electron chi connectivity index (χ3n) is 5.10. The summed E-state index contributed by atoms with van der Waals surface area (Å²) in [6, 6.07) is 7.15. The molecule has 30 heavy (non-hydrogen) atoms. The van der Waals surface area contributed by atoms with Crippen molar-refractivity contribution >= 4 is 40.4 Å². The van der Waals surface area contributed by atoms with Crippen LogP contribution in [0.1, 0.15) is 26.7 Å². The molecule has 3 heterocycles. The summed E-state index contributed by atoms with van der Waals surface area (Å²) in [5.74, 6) is 1.47. The minimum Gasteiger partial charge on any atom is -0.329 e. The number of carbonyl (C=O) groups excluding carboxylic acids is 2. The van der Waals surface area contributed by atoms with Crippen molar-refractivity contribution in [2.24, 2.45) is 5.92 Å². The average Bonchev–Trinajstić information content (AvgIpc) is 3.29. The van der Waals surface area contributed by atoms with Crippen LogP contribution in [0.2, 0.25) is 0 Å². The van der Waals surface area contributed by atoms with Crippen molar-refractivity contribution in [3.63, 3.8) is 0 Å². The normalized spacial score (nSPS) is 14.4. The van der Waals surface area contributed by atoms with Gasteiger partial charge in [0.15, 0.2) is 5.16 Å². The Hall–Kier alpha value is -2.88.